The number of urea groups is 1. The van der Waals surface area contributed by atoms with Gasteiger partial charge in [-0.25, -0.2) is 9.18 Å². The smallest absolute Gasteiger partial charge is 0.321 e. The van der Waals surface area contributed by atoms with E-state index in [-0.39, 0.29) is 22.1 Å². The molecular formula is C11H14Cl2FN3O. The maximum absolute atomic E-state index is 13.2. The molecule has 0 bridgehead atoms. The van der Waals surface area contributed by atoms with Crippen LogP contribution >= 0.6 is 23.2 Å². The van der Waals surface area contributed by atoms with Gasteiger partial charge in [0.15, 0.2) is 5.82 Å². The monoisotopic (exact) mass is 293 g/mol. The number of likely N-dealkylation sites (N-methyl/N-ethyl adjacent to an activating group) is 1. The Labute approximate surface area is 115 Å². The van der Waals surface area contributed by atoms with Crippen LogP contribution in [-0.2, 0) is 0 Å². The summed E-state index contributed by atoms with van der Waals surface area (Å²) >= 11 is 11.2. The molecule has 2 amide bonds. The van der Waals surface area contributed by atoms with Gasteiger partial charge in [-0.2, -0.15) is 0 Å². The molecule has 7 heteroatoms. The van der Waals surface area contributed by atoms with Gasteiger partial charge in [0.2, 0.25) is 0 Å². The molecule has 0 aliphatic heterocycles. The van der Waals surface area contributed by atoms with E-state index in [0.29, 0.717) is 12.2 Å². The molecule has 0 aliphatic carbocycles. The number of nitrogens with two attached hydrogens (primary N) is 1. The maximum atomic E-state index is 13.2. The summed E-state index contributed by atoms with van der Waals surface area (Å²) in [5.74, 6) is -0.708. The fourth-order valence-electron chi connectivity index (χ4n) is 1.36. The van der Waals surface area contributed by atoms with E-state index < -0.39 is 5.82 Å². The topological polar surface area (TPSA) is 58.4 Å². The zero-order valence-corrected chi connectivity index (χ0v) is 11.5. The van der Waals surface area contributed by atoms with E-state index in [2.05, 4.69) is 5.32 Å². The normalized spacial score (nSPS) is 12.1. The van der Waals surface area contributed by atoms with Crippen molar-refractivity contribution in [2.75, 3.05) is 18.9 Å². The first-order chi connectivity index (χ1) is 8.31. The van der Waals surface area contributed by atoms with E-state index in [9.17, 15) is 9.18 Å². The van der Waals surface area contributed by atoms with Gasteiger partial charge < -0.3 is 16.0 Å². The second-order valence-corrected chi connectivity index (χ2v) is 4.86. The number of anilines is 1. The minimum atomic E-state index is -0.708. The van der Waals surface area contributed by atoms with Crippen molar-refractivity contribution in [2.45, 2.75) is 13.0 Å². The van der Waals surface area contributed by atoms with Gasteiger partial charge in [0.25, 0.3) is 0 Å². The van der Waals surface area contributed by atoms with Crippen LogP contribution in [0.5, 0.6) is 0 Å². The van der Waals surface area contributed by atoms with Crippen molar-refractivity contribution in [3.8, 4) is 0 Å². The van der Waals surface area contributed by atoms with Crippen molar-refractivity contribution in [3.05, 3.63) is 28.0 Å². The van der Waals surface area contributed by atoms with Gasteiger partial charge in [-0.3, -0.25) is 0 Å². The lowest BCUT2D eigenvalue weighted by molar-refractivity contribution is 0.220. The van der Waals surface area contributed by atoms with Crippen LogP contribution in [0.25, 0.3) is 0 Å². The number of rotatable bonds is 3. The molecule has 0 spiro atoms. The molecule has 0 aromatic heterocycles. The Bertz CT molecular complexity index is 431. The molecule has 1 aromatic rings. The summed E-state index contributed by atoms with van der Waals surface area (Å²) in [5, 5.41) is 2.26. The summed E-state index contributed by atoms with van der Waals surface area (Å²) in [6, 6.07) is 2.08. The molecule has 1 atom stereocenters. The van der Waals surface area contributed by atoms with Crippen molar-refractivity contribution in [3.63, 3.8) is 0 Å². The van der Waals surface area contributed by atoms with Crippen LogP contribution in [-0.4, -0.2) is 30.6 Å². The highest BCUT2D eigenvalue weighted by molar-refractivity contribution is 6.35. The molecule has 0 saturated heterocycles. The summed E-state index contributed by atoms with van der Waals surface area (Å²) in [4.78, 5) is 13.1. The molecule has 18 heavy (non-hydrogen) atoms. The second kappa shape index (κ2) is 6.22. The molecule has 0 radical (unpaired) electrons. The van der Waals surface area contributed by atoms with Gasteiger partial charge in [-0.1, -0.05) is 23.2 Å². The average Bonchev–Trinajstić information content (AvgIpc) is 2.24. The van der Waals surface area contributed by atoms with E-state index in [1.54, 1.807) is 14.0 Å². The first kappa shape index (κ1) is 15.0. The molecule has 0 aliphatic rings. The predicted molar refractivity (Wildman–Crippen MR) is 71.7 cm³/mol. The van der Waals surface area contributed by atoms with Crippen LogP contribution in [0, 0.1) is 5.82 Å². The van der Waals surface area contributed by atoms with Gasteiger partial charge in [-0.05, 0) is 19.1 Å². The van der Waals surface area contributed by atoms with Crippen molar-refractivity contribution >= 4 is 34.9 Å². The minimum absolute atomic E-state index is 0.138. The zero-order valence-electron chi connectivity index (χ0n) is 10.0. The lowest BCUT2D eigenvalue weighted by Crippen LogP contribution is -2.39. The maximum Gasteiger partial charge on any atom is 0.321 e. The minimum Gasteiger partial charge on any atom is -0.326 e. The lowest BCUT2D eigenvalue weighted by atomic mass is 10.3. The van der Waals surface area contributed by atoms with Crippen LogP contribution in [0.2, 0.25) is 10.0 Å². The van der Waals surface area contributed by atoms with Gasteiger partial charge in [0, 0.05) is 25.3 Å². The number of carbonyl (C=O) groups excluding carboxylic acids is 1. The first-order valence-corrected chi connectivity index (χ1v) is 5.99. The summed E-state index contributed by atoms with van der Waals surface area (Å²) in [6.45, 7) is 2.18. The van der Waals surface area contributed by atoms with Crippen molar-refractivity contribution < 1.29 is 9.18 Å². The van der Waals surface area contributed by atoms with Crippen molar-refractivity contribution in [2.24, 2.45) is 5.73 Å². The SMILES string of the molecule is CC(N)CN(C)C(=O)Nc1cc(Cl)c(F)c(Cl)c1. The second-order valence-electron chi connectivity index (χ2n) is 4.04. The molecule has 0 fully saturated rings. The highest BCUT2D eigenvalue weighted by Crippen LogP contribution is 2.27. The standard InChI is InChI=1S/C11H14Cl2FN3O/c1-6(15)5-17(2)11(18)16-7-3-8(12)10(14)9(13)4-7/h3-4,6H,5,15H2,1-2H3,(H,16,18). The molecule has 1 aromatic carbocycles. The molecular weight excluding hydrogens is 280 g/mol. The van der Waals surface area contributed by atoms with Crippen LogP contribution in [0.15, 0.2) is 12.1 Å². The number of amides is 2. The molecule has 1 rings (SSSR count). The molecule has 0 heterocycles. The summed E-state index contributed by atoms with van der Waals surface area (Å²) < 4.78 is 13.2. The summed E-state index contributed by atoms with van der Waals surface area (Å²) in [5.41, 5.74) is 5.91. The molecule has 100 valence electrons. The Balaban J connectivity index is 2.76. The van der Waals surface area contributed by atoms with Crippen molar-refractivity contribution in [1.82, 2.24) is 4.90 Å². The van der Waals surface area contributed by atoms with Gasteiger partial charge in [-0.15, -0.1) is 0 Å². The third-order valence-electron chi connectivity index (χ3n) is 2.14. The van der Waals surface area contributed by atoms with Crippen LogP contribution in [0.4, 0.5) is 14.9 Å². The number of benzene rings is 1. The number of carbonyl (C=O) groups is 1. The highest BCUT2D eigenvalue weighted by atomic mass is 35.5. The van der Waals surface area contributed by atoms with E-state index in [1.165, 1.54) is 17.0 Å². The fraction of sp³-hybridized carbons (Fsp3) is 0.364. The van der Waals surface area contributed by atoms with Gasteiger partial charge in [0.05, 0.1) is 10.0 Å². The summed E-state index contributed by atoms with van der Waals surface area (Å²) in [6.07, 6.45) is 0. The number of hydrogen-bond donors (Lipinski definition) is 2. The lowest BCUT2D eigenvalue weighted by Gasteiger charge is -2.20. The largest absolute Gasteiger partial charge is 0.326 e. The molecule has 3 N–H and O–H groups in total. The van der Waals surface area contributed by atoms with E-state index >= 15 is 0 Å². The number of hydrogen-bond acceptors (Lipinski definition) is 2. The first-order valence-electron chi connectivity index (χ1n) is 5.23. The predicted octanol–water partition coefficient (Wildman–Crippen LogP) is 2.94. The molecule has 0 saturated carbocycles. The third kappa shape index (κ3) is 4.01. The Kier molecular flexibility index (Phi) is 5.19. The number of halogens is 3. The fourth-order valence-corrected chi connectivity index (χ4v) is 1.85. The number of nitrogens with one attached hydrogen (secondary N) is 1. The van der Waals surface area contributed by atoms with Crippen LogP contribution in [0.1, 0.15) is 6.92 Å². The van der Waals surface area contributed by atoms with E-state index in [0.717, 1.165) is 0 Å². The Morgan fingerprint density at radius 2 is 2.00 bits per heavy atom. The van der Waals surface area contributed by atoms with Gasteiger partial charge >= 0.3 is 6.03 Å². The summed E-state index contributed by atoms with van der Waals surface area (Å²) in [7, 11) is 1.60. The molecule has 4 nitrogen and oxygen atoms in total. The highest BCUT2D eigenvalue weighted by Gasteiger charge is 2.13. The van der Waals surface area contributed by atoms with Crippen molar-refractivity contribution in [1.29, 1.82) is 0 Å². The van der Waals surface area contributed by atoms with E-state index in [1.807, 2.05) is 0 Å². The van der Waals surface area contributed by atoms with Crippen LogP contribution < -0.4 is 11.1 Å². The van der Waals surface area contributed by atoms with Gasteiger partial charge in [0.1, 0.15) is 0 Å². The Morgan fingerprint density at radius 1 is 1.50 bits per heavy atom. The van der Waals surface area contributed by atoms with E-state index in [4.69, 9.17) is 28.9 Å². The average molecular weight is 294 g/mol. The number of nitrogens with zero attached hydrogens (tertiary/aromatic N) is 1. The Morgan fingerprint density at radius 3 is 2.44 bits per heavy atom. The Hall–Kier alpha value is -1.04. The third-order valence-corrected chi connectivity index (χ3v) is 2.69. The molecule has 1 unspecified atom stereocenters. The quantitative estimate of drug-likeness (QED) is 0.842. The van der Waals surface area contributed by atoms with Crippen LogP contribution in [0.3, 0.4) is 0 Å². The zero-order chi connectivity index (χ0) is 13.9.